The third-order valence-electron chi connectivity index (χ3n) is 3.57. The van der Waals surface area contributed by atoms with Gasteiger partial charge in [0.1, 0.15) is 22.6 Å². The Labute approximate surface area is 130 Å². The van der Waals surface area contributed by atoms with Gasteiger partial charge in [-0.3, -0.25) is 4.79 Å². The number of aromatic amines is 1. The SMILES string of the molecule is O=c1[nH]cc(CC2CC2)c(OCc2ccc(F)cc2)c1Br. The average molecular weight is 352 g/mol. The minimum atomic E-state index is -0.273. The lowest BCUT2D eigenvalue weighted by Crippen LogP contribution is -2.11. The fraction of sp³-hybridized carbons (Fsp3) is 0.312. The summed E-state index contributed by atoms with van der Waals surface area (Å²) in [4.78, 5) is 14.4. The molecule has 1 aliphatic rings. The molecule has 1 aromatic carbocycles. The molecular weight excluding hydrogens is 337 g/mol. The molecule has 0 saturated heterocycles. The molecule has 3 nitrogen and oxygen atoms in total. The first-order valence-corrected chi connectivity index (χ1v) is 7.70. The van der Waals surface area contributed by atoms with Gasteiger partial charge in [0.25, 0.3) is 5.56 Å². The van der Waals surface area contributed by atoms with Crippen LogP contribution in [0.1, 0.15) is 24.0 Å². The van der Waals surface area contributed by atoms with Crippen LogP contribution in [0.15, 0.2) is 39.7 Å². The first kappa shape index (κ1) is 14.3. The molecule has 0 radical (unpaired) electrons. The van der Waals surface area contributed by atoms with Crippen molar-refractivity contribution in [3.05, 3.63) is 62.2 Å². The van der Waals surface area contributed by atoms with Crippen molar-refractivity contribution in [3.8, 4) is 5.75 Å². The molecule has 2 aromatic rings. The molecule has 5 heteroatoms. The van der Waals surface area contributed by atoms with Crippen LogP contribution in [0.25, 0.3) is 0 Å². The number of pyridine rings is 1. The standard InChI is InChI=1S/C16H15BrFNO2/c17-14-15(21-9-11-3-5-13(18)6-4-11)12(7-10-1-2-10)8-19-16(14)20/h3-6,8,10H,1-2,7,9H2,(H,19,20). The Morgan fingerprint density at radius 3 is 2.67 bits per heavy atom. The topological polar surface area (TPSA) is 42.1 Å². The van der Waals surface area contributed by atoms with Crippen molar-refractivity contribution >= 4 is 15.9 Å². The second kappa shape index (κ2) is 6.02. The van der Waals surface area contributed by atoms with Crippen LogP contribution in [0.2, 0.25) is 0 Å². The summed E-state index contributed by atoms with van der Waals surface area (Å²) in [6.45, 7) is 0.306. The van der Waals surface area contributed by atoms with Crippen molar-refractivity contribution in [1.82, 2.24) is 4.98 Å². The largest absolute Gasteiger partial charge is 0.487 e. The second-order valence-corrected chi connectivity index (χ2v) is 6.14. The highest BCUT2D eigenvalue weighted by Crippen LogP contribution is 2.36. The summed E-state index contributed by atoms with van der Waals surface area (Å²) < 4.78 is 19.1. The van der Waals surface area contributed by atoms with E-state index in [1.807, 2.05) is 0 Å². The summed E-state index contributed by atoms with van der Waals surface area (Å²) in [5, 5.41) is 0. The fourth-order valence-electron chi connectivity index (χ4n) is 2.20. The maximum atomic E-state index is 12.9. The smallest absolute Gasteiger partial charge is 0.266 e. The van der Waals surface area contributed by atoms with E-state index in [1.54, 1.807) is 18.3 Å². The molecule has 1 aromatic heterocycles. The second-order valence-electron chi connectivity index (χ2n) is 5.35. The molecule has 0 spiro atoms. The number of halogens is 2. The van der Waals surface area contributed by atoms with Crippen LogP contribution in [-0.4, -0.2) is 4.98 Å². The number of hydrogen-bond acceptors (Lipinski definition) is 2. The van der Waals surface area contributed by atoms with Gasteiger partial charge in [-0.15, -0.1) is 0 Å². The van der Waals surface area contributed by atoms with Crippen LogP contribution in [0.4, 0.5) is 4.39 Å². The van der Waals surface area contributed by atoms with Gasteiger partial charge in [0, 0.05) is 11.8 Å². The highest BCUT2D eigenvalue weighted by atomic mass is 79.9. The zero-order chi connectivity index (χ0) is 14.8. The zero-order valence-electron chi connectivity index (χ0n) is 11.4. The summed E-state index contributed by atoms with van der Waals surface area (Å²) in [6, 6.07) is 6.15. The van der Waals surface area contributed by atoms with E-state index in [0.717, 1.165) is 17.5 Å². The molecule has 3 rings (SSSR count). The summed E-state index contributed by atoms with van der Waals surface area (Å²) in [5.41, 5.74) is 1.66. The summed E-state index contributed by atoms with van der Waals surface area (Å²) in [6.07, 6.45) is 5.10. The third-order valence-corrected chi connectivity index (χ3v) is 4.29. The van der Waals surface area contributed by atoms with Crippen molar-refractivity contribution in [2.75, 3.05) is 0 Å². The number of benzene rings is 1. The Bertz CT molecular complexity index is 692. The molecule has 1 heterocycles. The molecule has 0 atom stereocenters. The van der Waals surface area contributed by atoms with Crippen LogP contribution in [-0.2, 0) is 13.0 Å². The Morgan fingerprint density at radius 2 is 2.00 bits per heavy atom. The van der Waals surface area contributed by atoms with Crippen molar-refractivity contribution in [2.24, 2.45) is 5.92 Å². The Kier molecular flexibility index (Phi) is 4.10. The van der Waals surface area contributed by atoms with Gasteiger partial charge in [-0.2, -0.15) is 0 Å². The number of nitrogens with one attached hydrogen (secondary N) is 1. The van der Waals surface area contributed by atoms with Crippen LogP contribution < -0.4 is 10.3 Å². The van der Waals surface area contributed by atoms with E-state index in [1.165, 1.54) is 25.0 Å². The molecule has 1 aliphatic carbocycles. The van der Waals surface area contributed by atoms with E-state index in [4.69, 9.17) is 4.74 Å². The maximum Gasteiger partial charge on any atom is 0.266 e. The maximum absolute atomic E-state index is 12.9. The van der Waals surface area contributed by atoms with Gasteiger partial charge in [0.15, 0.2) is 0 Å². The molecule has 0 amide bonds. The Morgan fingerprint density at radius 1 is 1.29 bits per heavy atom. The van der Waals surface area contributed by atoms with Crippen molar-refractivity contribution in [2.45, 2.75) is 25.9 Å². The predicted octanol–water partition coefficient (Wildman–Crippen LogP) is 3.81. The molecule has 1 N–H and O–H groups in total. The predicted molar refractivity (Wildman–Crippen MR) is 81.9 cm³/mol. The molecule has 1 fully saturated rings. The molecule has 0 unspecified atom stereocenters. The Hall–Kier alpha value is -1.62. The third kappa shape index (κ3) is 3.53. The number of hydrogen-bond donors (Lipinski definition) is 1. The van der Waals surface area contributed by atoms with E-state index < -0.39 is 0 Å². The number of ether oxygens (including phenoxy) is 1. The van der Waals surface area contributed by atoms with Crippen LogP contribution >= 0.6 is 15.9 Å². The van der Waals surface area contributed by atoms with Gasteiger partial charge in [-0.25, -0.2) is 4.39 Å². The van der Waals surface area contributed by atoms with Gasteiger partial charge in [-0.1, -0.05) is 12.1 Å². The minimum absolute atomic E-state index is 0.205. The molecule has 1 saturated carbocycles. The first-order valence-electron chi connectivity index (χ1n) is 6.91. The molecule has 0 aliphatic heterocycles. The quantitative estimate of drug-likeness (QED) is 0.889. The zero-order valence-corrected chi connectivity index (χ0v) is 13.0. The highest BCUT2D eigenvalue weighted by Gasteiger charge is 2.24. The fourth-order valence-corrected chi connectivity index (χ4v) is 2.69. The van der Waals surface area contributed by atoms with E-state index in [2.05, 4.69) is 20.9 Å². The van der Waals surface area contributed by atoms with Gasteiger partial charge < -0.3 is 9.72 Å². The first-order chi connectivity index (χ1) is 10.1. The molecular formula is C16H15BrFNO2. The highest BCUT2D eigenvalue weighted by molar-refractivity contribution is 9.10. The number of aromatic nitrogens is 1. The monoisotopic (exact) mass is 351 g/mol. The summed E-state index contributed by atoms with van der Waals surface area (Å²) in [7, 11) is 0. The lowest BCUT2D eigenvalue weighted by atomic mass is 10.1. The molecule has 110 valence electrons. The van der Waals surface area contributed by atoms with E-state index >= 15 is 0 Å². The van der Waals surface area contributed by atoms with Crippen LogP contribution in [0, 0.1) is 11.7 Å². The average Bonchev–Trinajstić information content (AvgIpc) is 3.28. The van der Waals surface area contributed by atoms with Crippen molar-refractivity contribution in [3.63, 3.8) is 0 Å². The number of H-pyrrole nitrogens is 1. The Balaban J connectivity index is 1.80. The van der Waals surface area contributed by atoms with Gasteiger partial charge in [0.05, 0.1) is 0 Å². The van der Waals surface area contributed by atoms with Crippen molar-refractivity contribution in [1.29, 1.82) is 0 Å². The van der Waals surface area contributed by atoms with E-state index in [-0.39, 0.29) is 11.4 Å². The lowest BCUT2D eigenvalue weighted by molar-refractivity contribution is 0.299. The summed E-state index contributed by atoms with van der Waals surface area (Å²) >= 11 is 3.30. The van der Waals surface area contributed by atoms with Gasteiger partial charge >= 0.3 is 0 Å². The van der Waals surface area contributed by atoms with Crippen molar-refractivity contribution < 1.29 is 9.13 Å². The van der Waals surface area contributed by atoms with E-state index in [0.29, 0.717) is 22.7 Å². The molecule has 21 heavy (non-hydrogen) atoms. The van der Waals surface area contributed by atoms with E-state index in [9.17, 15) is 9.18 Å². The minimum Gasteiger partial charge on any atom is -0.487 e. The summed E-state index contributed by atoms with van der Waals surface area (Å²) in [5.74, 6) is 1.01. The molecule has 0 bridgehead atoms. The lowest BCUT2D eigenvalue weighted by Gasteiger charge is -2.12. The van der Waals surface area contributed by atoms with Crippen LogP contribution in [0.5, 0.6) is 5.75 Å². The van der Waals surface area contributed by atoms with Gasteiger partial charge in [-0.05, 0) is 58.8 Å². The number of rotatable bonds is 5. The van der Waals surface area contributed by atoms with Crippen LogP contribution in [0.3, 0.4) is 0 Å². The van der Waals surface area contributed by atoms with Gasteiger partial charge in [0.2, 0.25) is 0 Å². The normalized spacial score (nSPS) is 14.2.